The second kappa shape index (κ2) is 8.17. The summed E-state index contributed by atoms with van der Waals surface area (Å²) in [4.78, 5) is 48.6. The minimum Gasteiger partial charge on any atom is -0.449 e. The van der Waals surface area contributed by atoms with E-state index >= 15 is 0 Å². The van der Waals surface area contributed by atoms with E-state index in [0.717, 1.165) is 6.07 Å². The molecule has 3 rings (SSSR count). The monoisotopic (exact) mass is 380 g/mol. The average molecular weight is 380 g/mol. The number of hydrogen-bond donors (Lipinski definition) is 2. The van der Waals surface area contributed by atoms with Crippen LogP contribution < -0.4 is 16.1 Å². The smallest absolute Gasteiger partial charge is 0.375 e. The van der Waals surface area contributed by atoms with Gasteiger partial charge in [-0.25, -0.2) is 9.59 Å². The molecule has 0 saturated carbocycles. The Kier molecular flexibility index (Phi) is 5.50. The quantitative estimate of drug-likeness (QED) is 0.670. The molecule has 8 heteroatoms. The zero-order chi connectivity index (χ0) is 20.1. The molecule has 0 radical (unpaired) electrons. The minimum atomic E-state index is -1.41. The Balaban J connectivity index is 1.92. The van der Waals surface area contributed by atoms with Crippen molar-refractivity contribution in [2.75, 3.05) is 7.05 Å². The zero-order valence-corrected chi connectivity index (χ0v) is 14.8. The van der Waals surface area contributed by atoms with Crippen molar-refractivity contribution in [2.24, 2.45) is 0 Å². The largest absolute Gasteiger partial charge is 0.449 e. The van der Waals surface area contributed by atoms with Crippen molar-refractivity contribution < 1.29 is 23.5 Å². The molecule has 0 spiro atoms. The lowest BCUT2D eigenvalue weighted by Crippen LogP contribution is -2.41. The first-order chi connectivity index (χ1) is 13.5. The number of benzene rings is 2. The second-order valence-electron chi connectivity index (χ2n) is 5.74. The number of rotatable bonds is 4. The molecule has 1 atom stereocenters. The third kappa shape index (κ3) is 4.07. The third-order valence-electron chi connectivity index (χ3n) is 3.86. The first-order valence-corrected chi connectivity index (χ1v) is 8.31. The summed E-state index contributed by atoms with van der Waals surface area (Å²) in [7, 11) is 1.34. The molecule has 0 fully saturated rings. The highest BCUT2D eigenvalue weighted by atomic mass is 16.6. The van der Waals surface area contributed by atoms with Gasteiger partial charge in [0.05, 0.1) is 5.39 Å². The van der Waals surface area contributed by atoms with Gasteiger partial charge in [-0.05, 0) is 12.1 Å². The van der Waals surface area contributed by atoms with E-state index in [1.807, 2.05) is 0 Å². The Bertz CT molecular complexity index is 1090. The van der Waals surface area contributed by atoms with E-state index in [9.17, 15) is 19.2 Å². The maximum atomic E-state index is 12.5. The van der Waals surface area contributed by atoms with Crippen LogP contribution in [-0.4, -0.2) is 25.0 Å². The number of carbonyl (C=O) groups is 3. The standard InChI is InChI=1S/C20H16N2O6/c1-21-20(26)22-18(24)17(12-7-3-2-4-8-12)28-19(25)16-11-14(23)13-9-5-6-10-15(13)27-16/h2-11,17H,1H3,(H2,21,22,24,26)/t17-/m0/s1. The van der Waals surface area contributed by atoms with Crippen molar-refractivity contribution in [3.63, 3.8) is 0 Å². The van der Waals surface area contributed by atoms with Crippen LogP contribution in [0.15, 0.2) is 69.9 Å². The number of esters is 1. The van der Waals surface area contributed by atoms with Crippen LogP contribution in [0.5, 0.6) is 0 Å². The highest BCUT2D eigenvalue weighted by Crippen LogP contribution is 2.20. The molecule has 3 aromatic rings. The summed E-state index contributed by atoms with van der Waals surface area (Å²) in [5.41, 5.74) is 0.147. The molecule has 0 aliphatic carbocycles. The van der Waals surface area contributed by atoms with Gasteiger partial charge in [0.2, 0.25) is 11.9 Å². The van der Waals surface area contributed by atoms with E-state index in [-0.39, 0.29) is 11.3 Å². The molecular formula is C20H16N2O6. The van der Waals surface area contributed by atoms with Gasteiger partial charge in [0.15, 0.2) is 5.43 Å². The molecule has 28 heavy (non-hydrogen) atoms. The lowest BCUT2D eigenvalue weighted by Gasteiger charge is -2.17. The van der Waals surface area contributed by atoms with Crippen LogP contribution in [0.3, 0.4) is 0 Å². The Morgan fingerprint density at radius 1 is 1.00 bits per heavy atom. The zero-order valence-electron chi connectivity index (χ0n) is 14.8. The van der Waals surface area contributed by atoms with Gasteiger partial charge in [-0.1, -0.05) is 42.5 Å². The number of carbonyl (C=O) groups excluding carboxylic acids is 3. The summed E-state index contributed by atoms with van der Waals surface area (Å²) in [6.07, 6.45) is -1.41. The topological polar surface area (TPSA) is 115 Å². The molecule has 0 aliphatic heterocycles. The summed E-state index contributed by atoms with van der Waals surface area (Å²) in [5.74, 6) is -2.21. The normalized spacial score (nSPS) is 11.5. The molecule has 8 nitrogen and oxygen atoms in total. The molecule has 2 N–H and O–H groups in total. The molecule has 1 aromatic heterocycles. The van der Waals surface area contributed by atoms with E-state index in [1.54, 1.807) is 54.6 Å². The fraction of sp³-hybridized carbons (Fsp3) is 0.100. The maximum Gasteiger partial charge on any atom is 0.375 e. The number of nitrogens with one attached hydrogen (secondary N) is 2. The first kappa shape index (κ1) is 18.8. The van der Waals surface area contributed by atoms with Gasteiger partial charge in [-0.15, -0.1) is 0 Å². The van der Waals surface area contributed by atoms with Gasteiger partial charge in [-0.2, -0.15) is 0 Å². The van der Waals surface area contributed by atoms with Gasteiger partial charge in [0, 0.05) is 18.7 Å². The van der Waals surface area contributed by atoms with E-state index < -0.39 is 29.4 Å². The average Bonchev–Trinajstić information content (AvgIpc) is 2.72. The van der Waals surface area contributed by atoms with Crippen molar-refractivity contribution in [1.29, 1.82) is 0 Å². The molecule has 142 valence electrons. The van der Waals surface area contributed by atoms with Crippen LogP contribution in [0.4, 0.5) is 4.79 Å². The predicted octanol–water partition coefficient (Wildman–Crippen LogP) is 2.15. The van der Waals surface area contributed by atoms with Gasteiger partial charge < -0.3 is 14.5 Å². The van der Waals surface area contributed by atoms with Crippen LogP contribution in [0.1, 0.15) is 22.2 Å². The molecule has 0 bridgehead atoms. The van der Waals surface area contributed by atoms with Crippen molar-refractivity contribution >= 4 is 28.9 Å². The second-order valence-corrected chi connectivity index (χ2v) is 5.74. The number of hydrogen-bond acceptors (Lipinski definition) is 6. The first-order valence-electron chi connectivity index (χ1n) is 8.31. The summed E-state index contributed by atoms with van der Waals surface area (Å²) < 4.78 is 10.7. The lowest BCUT2D eigenvalue weighted by atomic mass is 10.1. The highest BCUT2D eigenvalue weighted by Gasteiger charge is 2.28. The van der Waals surface area contributed by atoms with Crippen LogP contribution in [-0.2, 0) is 9.53 Å². The van der Waals surface area contributed by atoms with Crippen molar-refractivity contribution in [3.05, 3.63) is 82.2 Å². The Labute approximate surface area is 159 Å². The summed E-state index contributed by atoms with van der Waals surface area (Å²) in [6, 6.07) is 14.9. The van der Waals surface area contributed by atoms with Gasteiger partial charge in [0.1, 0.15) is 5.58 Å². The number of ether oxygens (including phenoxy) is 1. The maximum absolute atomic E-state index is 12.5. The number of para-hydroxylation sites is 1. The number of imide groups is 1. The van der Waals surface area contributed by atoms with Crippen molar-refractivity contribution in [3.8, 4) is 0 Å². The Hall–Kier alpha value is -3.94. The number of fused-ring (bicyclic) bond motifs is 1. The molecule has 3 amide bonds. The Morgan fingerprint density at radius 3 is 2.39 bits per heavy atom. The molecule has 0 saturated heterocycles. The number of urea groups is 1. The third-order valence-corrected chi connectivity index (χ3v) is 3.86. The SMILES string of the molecule is CNC(=O)NC(=O)[C@@H](OC(=O)c1cc(=O)c2ccccc2o1)c1ccccc1. The molecule has 1 heterocycles. The van der Waals surface area contributed by atoms with Crippen molar-refractivity contribution in [1.82, 2.24) is 10.6 Å². The summed E-state index contributed by atoms with van der Waals surface area (Å²) >= 11 is 0. The summed E-state index contributed by atoms with van der Waals surface area (Å²) in [5, 5.41) is 4.63. The Morgan fingerprint density at radius 2 is 1.68 bits per heavy atom. The van der Waals surface area contributed by atoms with Gasteiger partial charge in [0.25, 0.3) is 5.91 Å². The molecule has 0 unspecified atom stereocenters. The highest BCUT2D eigenvalue weighted by molar-refractivity contribution is 5.98. The minimum absolute atomic E-state index is 0.216. The van der Waals surface area contributed by atoms with E-state index in [1.165, 1.54) is 7.05 Å². The van der Waals surface area contributed by atoms with E-state index in [4.69, 9.17) is 9.15 Å². The van der Waals surface area contributed by atoms with Crippen LogP contribution in [0.25, 0.3) is 11.0 Å². The molecule has 2 aromatic carbocycles. The van der Waals surface area contributed by atoms with Crippen LogP contribution in [0.2, 0.25) is 0 Å². The fourth-order valence-corrected chi connectivity index (χ4v) is 2.51. The van der Waals surface area contributed by atoms with Gasteiger partial charge >= 0.3 is 12.0 Å². The van der Waals surface area contributed by atoms with Crippen LogP contribution in [0, 0.1) is 0 Å². The van der Waals surface area contributed by atoms with E-state index in [2.05, 4.69) is 10.6 Å². The van der Waals surface area contributed by atoms with Gasteiger partial charge in [-0.3, -0.25) is 14.9 Å². The van der Waals surface area contributed by atoms with E-state index in [0.29, 0.717) is 10.9 Å². The van der Waals surface area contributed by atoms with Crippen molar-refractivity contribution in [2.45, 2.75) is 6.10 Å². The lowest BCUT2D eigenvalue weighted by molar-refractivity contribution is -0.129. The summed E-state index contributed by atoms with van der Waals surface area (Å²) in [6.45, 7) is 0. The number of amides is 3. The molecular weight excluding hydrogens is 364 g/mol. The predicted molar refractivity (Wildman–Crippen MR) is 99.7 cm³/mol. The fourth-order valence-electron chi connectivity index (χ4n) is 2.51. The molecule has 0 aliphatic rings. The van der Waals surface area contributed by atoms with Crippen LogP contribution >= 0.6 is 0 Å².